The van der Waals surface area contributed by atoms with Gasteiger partial charge in [-0.1, -0.05) is 0 Å². The van der Waals surface area contributed by atoms with Gasteiger partial charge >= 0.3 is 11.7 Å². The standard InChI is InChI=1S/C17H15FN2O6/c1-2-25-15-8-3-11(9-14(15)20(23)24)17(22)26-10-16(21)19-13-6-4-12(18)5-7-13/h3-9H,2,10H2,1H3,(H,19,21). The summed E-state index contributed by atoms with van der Waals surface area (Å²) in [6, 6.07) is 8.65. The average Bonchev–Trinajstić information content (AvgIpc) is 2.62. The van der Waals surface area contributed by atoms with Crippen LogP contribution >= 0.6 is 0 Å². The van der Waals surface area contributed by atoms with E-state index in [1.54, 1.807) is 6.92 Å². The lowest BCUT2D eigenvalue weighted by Crippen LogP contribution is -2.21. The average molecular weight is 362 g/mol. The maximum absolute atomic E-state index is 12.8. The molecule has 9 heteroatoms. The molecule has 0 fully saturated rings. The first-order valence-corrected chi connectivity index (χ1v) is 7.54. The normalized spacial score (nSPS) is 10.1. The number of ether oxygens (including phenoxy) is 2. The summed E-state index contributed by atoms with van der Waals surface area (Å²) in [4.78, 5) is 34.1. The molecule has 0 unspecified atom stereocenters. The van der Waals surface area contributed by atoms with Crippen LogP contribution in [0.2, 0.25) is 0 Å². The fourth-order valence-electron chi connectivity index (χ4n) is 2.01. The number of nitro groups is 1. The molecule has 2 aromatic rings. The van der Waals surface area contributed by atoms with Gasteiger partial charge in [0, 0.05) is 11.8 Å². The largest absolute Gasteiger partial charge is 0.487 e. The van der Waals surface area contributed by atoms with Crippen LogP contribution < -0.4 is 10.1 Å². The van der Waals surface area contributed by atoms with Crippen LogP contribution in [0.15, 0.2) is 42.5 Å². The van der Waals surface area contributed by atoms with E-state index in [0.717, 1.165) is 6.07 Å². The number of carbonyl (C=O) groups is 2. The number of nitro benzene ring substituents is 1. The SMILES string of the molecule is CCOc1ccc(C(=O)OCC(=O)Nc2ccc(F)cc2)cc1[N+](=O)[O-]. The molecule has 0 bridgehead atoms. The highest BCUT2D eigenvalue weighted by molar-refractivity contribution is 5.95. The van der Waals surface area contributed by atoms with Gasteiger partial charge in [-0.3, -0.25) is 14.9 Å². The van der Waals surface area contributed by atoms with Gasteiger partial charge in [0.2, 0.25) is 0 Å². The first kappa shape index (κ1) is 18.8. The third-order valence-corrected chi connectivity index (χ3v) is 3.15. The first-order chi connectivity index (χ1) is 12.4. The van der Waals surface area contributed by atoms with E-state index in [1.165, 1.54) is 36.4 Å². The van der Waals surface area contributed by atoms with Gasteiger partial charge in [0.25, 0.3) is 5.91 Å². The van der Waals surface area contributed by atoms with E-state index in [4.69, 9.17) is 9.47 Å². The van der Waals surface area contributed by atoms with E-state index < -0.39 is 29.2 Å². The van der Waals surface area contributed by atoms with E-state index in [1.807, 2.05) is 0 Å². The molecule has 0 radical (unpaired) electrons. The summed E-state index contributed by atoms with van der Waals surface area (Å²) >= 11 is 0. The molecular formula is C17H15FN2O6. The summed E-state index contributed by atoms with van der Waals surface area (Å²) in [6.45, 7) is 1.30. The smallest absolute Gasteiger partial charge is 0.338 e. The van der Waals surface area contributed by atoms with E-state index in [2.05, 4.69) is 5.32 Å². The molecule has 136 valence electrons. The summed E-state index contributed by atoms with van der Waals surface area (Å²) in [5.41, 5.74) is -0.129. The van der Waals surface area contributed by atoms with Crippen LogP contribution in [0.25, 0.3) is 0 Å². The highest BCUT2D eigenvalue weighted by Gasteiger charge is 2.20. The molecule has 0 aromatic heterocycles. The van der Waals surface area contributed by atoms with Gasteiger partial charge < -0.3 is 14.8 Å². The molecule has 2 aromatic carbocycles. The number of nitrogens with zero attached hydrogens (tertiary/aromatic N) is 1. The summed E-state index contributed by atoms with van der Waals surface area (Å²) < 4.78 is 22.7. The van der Waals surface area contributed by atoms with Gasteiger partial charge in [0.15, 0.2) is 12.4 Å². The molecule has 0 saturated heterocycles. The summed E-state index contributed by atoms with van der Waals surface area (Å²) in [5.74, 6) is -1.95. The highest BCUT2D eigenvalue weighted by atomic mass is 19.1. The predicted molar refractivity (Wildman–Crippen MR) is 89.6 cm³/mol. The number of amides is 1. The van der Waals surface area contributed by atoms with Crippen molar-refractivity contribution in [2.45, 2.75) is 6.92 Å². The fourth-order valence-corrected chi connectivity index (χ4v) is 2.01. The number of halogens is 1. The van der Waals surface area contributed by atoms with E-state index in [0.29, 0.717) is 5.69 Å². The molecule has 1 N–H and O–H groups in total. The Labute approximate surface area is 147 Å². The number of carbonyl (C=O) groups excluding carboxylic acids is 2. The number of hydrogen-bond acceptors (Lipinski definition) is 6. The van der Waals surface area contributed by atoms with Crippen LogP contribution in [-0.2, 0) is 9.53 Å². The maximum atomic E-state index is 12.8. The summed E-state index contributed by atoms with van der Waals surface area (Å²) in [7, 11) is 0. The quantitative estimate of drug-likeness (QED) is 0.461. The first-order valence-electron chi connectivity index (χ1n) is 7.54. The Morgan fingerprint density at radius 1 is 1.19 bits per heavy atom. The van der Waals surface area contributed by atoms with Crippen molar-refractivity contribution in [1.29, 1.82) is 0 Å². The summed E-state index contributed by atoms with van der Waals surface area (Å²) in [5, 5.41) is 13.5. The van der Waals surface area contributed by atoms with Crippen molar-refractivity contribution in [3.05, 3.63) is 64.0 Å². The van der Waals surface area contributed by atoms with Crippen molar-refractivity contribution in [3.63, 3.8) is 0 Å². The molecule has 0 aliphatic rings. The van der Waals surface area contributed by atoms with Gasteiger partial charge in [-0.15, -0.1) is 0 Å². The maximum Gasteiger partial charge on any atom is 0.338 e. The Hall–Kier alpha value is -3.49. The zero-order valence-electron chi connectivity index (χ0n) is 13.7. The monoisotopic (exact) mass is 362 g/mol. The van der Waals surface area contributed by atoms with Gasteiger partial charge in [0.1, 0.15) is 5.82 Å². The molecule has 0 heterocycles. The van der Waals surface area contributed by atoms with Crippen LogP contribution in [0.3, 0.4) is 0 Å². The Balaban J connectivity index is 1.98. The number of benzene rings is 2. The number of esters is 1. The number of anilines is 1. The van der Waals surface area contributed by atoms with E-state index >= 15 is 0 Å². The second-order valence-corrected chi connectivity index (χ2v) is 5.00. The van der Waals surface area contributed by atoms with Crippen LogP contribution in [0.1, 0.15) is 17.3 Å². The minimum atomic E-state index is -0.898. The topological polar surface area (TPSA) is 108 Å². The van der Waals surface area contributed by atoms with E-state index in [-0.39, 0.29) is 23.6 Å². The zero-order chi connectivity index (χ0) is 19.1. The lowest BCUT2D eigenvalue weighted by molar-refractivity contribution is -0.385. The Morgan fingerprint density at radius 3 is 2.50 bits per heavy atom. The Kier molecular flexibility index (Phi) is 6.20. The highest BCUT2D eigenvalue weighted by Crippen LogP contribution is 2.28. The van der Waals surface area contributed by atoms with Gasteiger partial charge in [-0.05, 0) is 43.3 Å². The predicted octanol–water partition coefficient (Wildman–Crippen LogP) is 2.93. The minimum Gasteiger partial charge on any atom is -0.487 e. The van der Waals surface area contributed by atoms with Crippen molar-refractivity contribution < 1.29 is 28.4 Å². The molecule has 8 nitrogen and oxygen atoms in total. The number of rotatable bonds is 7. The molecule has 0 saturated carbocycles. The molecular weight excluding hydrogens is 347 g/mol. The third-order valence-electron chi connectivity index (χ3n) is 3.15. The van der Waals surface area contributed by atoms with Crippen LogP contribution in [0.5, 0.6) is 5.75 Å². The van der Waals surface area contributed by atoms with E-state index in [9.17, 15) is 24.1 Å². The molecule has 26 heavy (non-hydrogen) atoms. The molecule has 0 aliphatic heterocycles. The number of hydrogen-bond donors (Lipinski definition) is 1. The molecule has 2 rings (SSSR count). The lowest BCUT2D eigenvalue weighted by atomic mass is 10.2. The van der Waals surface area contributed by atoms with Gasteiger partial charge in [-0.25, -0.2) is 9.18 Å². The van der Waals surface area contributed by atoms with Crippen molar-refractivity contribution in [2.24, 2.45) is 0 Å². The van der Waals surface area contributed by atoms with Crippen molar-refractivity contribution in [1.82, 2.24) is 0 Å². The molecule has 0 aliphatic carbocycles. The lowest BCUT2D eigenvalue weighted by Gasteiger charge is -2.08. The second kappa shape index (κ2) is 8.56. The van der Waals surface area contributed by atoms with Crippen LogP contribution in [-0.4, -0.2) is 30.0 Å². The summed E-state index contributed by atoms with van der Waals surface area (Å²) in [6.07, 6.45) is 0. The van der Waals surface area contributed by atoms with Crippen LogP contribution in [0, 0.1) is 15.9 Å². The van der Waals surface area contributed by atoms with Crippen molar-refractivity contribution in [2.75, 3.05) is 18.5 Å². The molecule has 1 amide bonds. The van der Waals surface area contributed by atoms with Crippen molar-refractivity contribution in [3.8, 4) is 5.75 Å². The second-order valence-electron chi connectivity index (χ2n) is 5.00. The zero-order valence-corrected chi connectivity index (χ0v) is 13.7. The number of nitrogens with one attached hydrogen (secondary N) is 1. The fraction of sp³-hybridized carbons (Fsp3) is 0.176. The third kappa shape index (κ3) is 5.00. The minimum absolute atomic E-state index is 0.0307. The van der Waals surface area contributed by atoms with Crippen LogP contribution in [0.4, 0.5) is 15.8 Å². The Bertz CT molecular complexity index is 823. The van der Waals surface area contributed by atoms with Gasteiger partial charge in [-0.2, -0.15) is 0 Å². The van der Waals surface area contributed by atoms with Gasteiger partial charge in [0.05, 0.1) is 17.1 Å². The van der Waals surface area contributed by atoms with Crippen molar-refractivity contribution >= 4 is 23.3 Å². The molecule has 0 spiro atoms. The Morgan fingerprint density at radius 2 is 1.88 bits per heavy atom. The molecule has 0 atom stereocenters.